The van der Waals surface area contributed by atoms with Crippen LogP contribution in [0.1, 0.15) is 18.9 Å². The van der Waals surface area contributed by atoms with Crippen molar-refractivity contribution in [3.63, 3.8) is 0 Å². The zero-order valence-corrected chi connectivity index (χ0v) is 10.5. The van der Waals surface area contributed by atoms with Crippen molar-refractivity contribution >= 4 is 10.2 Å². The Bertz CT molecular complexity index is 230. The quantitative estimate of drug-likeness (QED) is 0.650. The number of benzene rings is 1. The van der Waals surface area contributed by atoms with Crippen molar-refractivity contribution in [2.24, 2.45) is 0 Å². The van der Waals surface area contributed by atoms with Crippen molar-refractivity contribution in [2.45, 2.75) is 25.8 Å². The third kappa shape index (κ3) is 3.64. The van der Waals surface area contributed by atoms with Crippen LogP contribution in [-0.2, 0) is 6.42 Å². The SMILES string of the molecule is CCOc1ccc(CCC[SiH3])cc1. The summed E-state index contributed by atoms with van der Waals surface area (Å²) < 4.78 is 5.37. The van der Waals surface area contributed by atoms with E-state index in [-0.39, 0.29) is 0 Å². The molecule has 0 fully saturated rings. The van der Waals surface area contributed by atoms with Gasteiger partial charge in [0.1, 0.15) is 5.75 Å². The topological polar surface area (TPSA) is 9.23 Å². The summed E-state index contributed by atoms with van der Waals surface area (Å²) in [5.41, 5.74) is 1.43. The first-order valence-corrected chi connectivity index (χ1v) is 6.50. The highest BCUT2D eigenvalue weighted by Gasteiger charge is 1.93. The number of hydrogen-bond donors (Lipinski definition) is 0. The van der Waals surface area contributed by atoms with Crippen LogP contribution in [0.2, 0.25) is 6.04 Å². The maximum absolute atomic E-state index is 5.37. The first-order valence-electron chi connectivity index (χ1n) is 5.08. The van der Waals surface area contributed by atoms with Crippen LogP contribution in [-0.4, -0.2) is 16.8 Å². The largest absolute Gasteiger partial charge is 0.494 e. The molecule has 0 unspecified atom stereocenters. The summed E-state index contributed by atoms with van der Waals surface area (Å²) in [7, 11) is 1.32. The summed E-state index contributed by atoms with van der Waals surface area (Å²) in [6.07, 6.45) is 2.55. The lowest BCUT2D eigenvalue weighted by Crippen LogP contribution is -1.91. The smallest absolute Gasteiger partial charge is 0.119 e. The Balaban J connectivity index is 2.48. The van der Waals surface area contributed by atoms with Crippen LogP contribution in [0.4, 0.5) is 0 Å². The van der Waals surface area contributed by atoms with Gasteiger partial charge in [0.2, 0.25) is 0 Å². The highest BCUT2D eigenvalue weighted by atomic mass is 28.1. The van der Waals surface area contributed by atoms with Gasteiger partial charge in [0.25, 0.3) is 0 Å². The zero-order valence-electron chi connectivity index (χ0n) is 8.55. The summed E-state index contributed by atoms with van der Waals surface area (Å²) in [5, 5.41) is 0. The maximum Gasteiger partial charge on any atom is 0.119 e. The molecule has 1 aromatic carbocycles. The maximum atomic E-state index is 5.37. The molecule has 0 aliphatic carbocycles. The van der Waals surface area contributed by atoms with Crippen molar-refractivity contribution in [2.75, 3.05) is 6.61 Å². The van der Waals surface area contributed by atoms with Crippen LogP contribution in [0.5, 0.6) is 5.75 Å². The molecule has 0 spiro atoms. The molecular weight excluding hydrogens is 176 g/mol. The highest BCUT2D eigenvalue weighted by molar-refractivity contribution is 6.08. The molecule has 0 saturated carbocycles. The second-order valence-electron chi connectivity index (χ2n) is 3.18. The molecule has 0 N–H and O–H groups in total. The molecule has 0 bridgehead atoms. The van der Waals surface area contributed by atoms with E-state index in [9.17, 15) is 0 Å². The van der Waals surface area contributed by atoms with E-state index < -0.39 is 0 Å². The van der Waals surface area contributed by atoms with Gasteiger partial charge in [-0.1, -0.05) is 24.6 Å². The van der Waals surface area contributed by atoms with Gasteiger partial charge in [0.05, 0.1) is 6.61 Å². The van der Waals surface area contributed by atoms with E-state index in [1.165, 1.54) is 34.7 Å². The van der Waals surface area contributed by atoms with Crippen LogP contribution < -0.4 is 4.74 Å². The molecule has 1 nitrogen and oxygen atoms in total. The average molecular weight is 194 g/mol. The molecule has 0 amide bonds. The van der Waals surface area contributed by atoms with Crippen LogP contribution in [0.25, 0.3) is 0 Å². The third-order valence-corrected chi connectivity index (χ3v) is 2.76. The Morgan fingerprint density at radius 2 is 1.92 bits per heavy atom. The monoisotopic (exact) mass is 194 g/mol. The first-order chi connectivity index (χ1) is 6.36. The highest BCUT2D eigenvalue weighted by Crippen LogP contribution is 2.13. The third-order valence-electron chi connectivity index (χ3n) is 2.05. The molecular formula is C11H18OSi. The van der Waals surface area contributed by atoms with Gasteiger partial charge < -0.3 is 4.74 Å². The predicted octanol–water partition coefficient (Wildman–Crippen LogP) is 1.80. The fourth-order valence-electron chi connectivity index (χ4n) is 1.30. The van der Waals surface area contributed by atoms with Gasteiger partial charge in [-0.25, -0.2) is 0 Å². The fraction of sp³-hybridized carbons (Fsp3) is 0.455. The second-order valence-corrected chi connectivity index (χ2v) is 4.18. The Labute approximate surface area is 83.5 Å². The first kappa shape index (κ1) is 10.3. The van der Waals surface area contributed by atoms with Crippen molar-refractivity contribution in [1.29, 1.82) is 0 Å². The lowest BCUT2D eigenvalue weighted by molar-refractivity contribution is 0.340. The van der Waals surface area contributed by atoms with Crippen molar-refractivity contribution in [1.82, 2.24) is 0 Å². The lowest BCUT2D eigenvalue weighted by Gasteiger charge is -2.04. The van der Waals surface area contributed by atoms with Crippen LogP contribution in [0, 0.1) is 0 Å². The average Bonchev–Trinajstić information content (AvgIpc) is 2.17. The number of hydrogen-bond acceptors (Lipinski definition) is 1. The van der Waals surface area contributed by atoms with E-state index >= 15 is 0 Å². The summed E-state index contributed by atoms with van der Waals surface area (Å²) in [4.78, 5) is 0. The Kier molecular flexibility index (Phi) is 4.61. The van der Waals surface area contributed by atoms with Gasteiger partial charge in [-0.2, -0.15) is 0 Å². The van der Waals surface area contributed by atoms with Gasteiger partial charge in [0, 0.05) is 10.2 Å². The van der Waals surface area contributed by atoms with Crippen LogP contribution >= 0.6 is 0 Å². The van der Waals surface area contributed by atoms with Gasteiger partial charge in [0.15, 0.2) is 0 Å². The van der Waals surface area contributed by atoms with Crippen LogP contribution in [0.3, 0.4) is 0 Å². The van der Waals surface area contributed by atoms with Gasteiger partial charge in [-0.05, 0) is 31.0 Å². The summed E-state index contributed by atoms with van der Waals surface area (Å²) in [6.45, 7) is 2.76. The van der Waals surface area contributed by atoms with Crippen molar-refractivity contribution in [3.8, 4) is 5.75 Å². The molecule has 0 aliphatic heterocycles. The fourth-order valence-corrected chi connectivity index (χ4v) is 1.65. The van der Waals surface area contributed by atoms with Crippen molar-refractivity contribution in [3.05, 3.63) is 29.8 Å². The predicted molar refractivity (Wildman–Crippen MR) is 60.7 cm³/mol. The molecule has 72 valence electrons. The Hall–Kier alpha value is -0.763. The normalized spacial score (nSPS) is 10.2. The standard InChI is InChI=1S/C11H18OSi/c1-2-12-11-7-5-10(6-8-11)4-3-9-13/h5-8H,2-4,9H2,1,13H3. The van der Waals surface area contributed by atoms with E-state index in [0.29, 0.717) is 0 Å². The van der Waals surface area contributed by atoms with Gasteiger partial charge in [-0.3, -0.25) is 0 Å². The van der Waals surface area contributed by atoms with Gasteiger partial charge >= 0.3 is 0 Å². The molecule has 2 heteroatoms. The second kappa shape index (κ2) is 5.81. The number of rotatable bonds is 5. The summed E-state index contributed by atoms with van der Waals surface area (Å²) in [6, 6.07) is 9.86. The van der Waals surface area contributed by atoms with E-state index in [1.54, 1.807) is 0 Å². The molecule has 0 radical (unpaired) electrons. The van der Waals surface area contributed by atoms with E-state index in [2.05, 4.69) is 24.3 Å². The molecule has 0 aliphatic rings. The van der Waals surface area contributed by atoms with E-state index in [0.717, 1.165) is 12.4 Å². The molecule has 13 heavy (non-hydrogen) atoms. The Morgan fingerprint density at radius 3 is 2.46 bits per heavy atom. The van der Waals surface area contributed by atoms with E-state index in [4.69, 9.17) is 4.74 Å². The van der Waals surface area contributed by atoms with Gasteiger partial charge in [-0.15, -0.1) is 0 Å². The minimum atomic E-state index is 0.750. The molecule has 0 saturated heterocycles. The van der Waals surface area contributed by atoms with E-state index in [1.807, 2.05) is 6.92 Å². The molecule has 0 aromatic heterocycles. The number of aryl methyl sites for hydroxylation is 1. The zero-order chi connectivity index (χ0) is 9.52. The molecule has 0 heterocycles. The molecule has 1 aromatic rings. The minimum absolute atomic E-state index is 0.750. The minimum Gasteiger partial charge on any atom is -0.494 e. The number of ether oxygens (including phenoxy) is 1. The summed E-state index contributed by atoms with van der Waals surface area (Å²) in [5.74, 6) is 0.983. The Morgan fingerprint density at radius 1 is 1.23 bits per heavy atom. The molecule has 0 atom stereocenters. The van der Waals surface area contributed by atoms with Crippen molar-refractivity contribution < 1.29 is 4.74 Å². The van der Waals surface area contributed by atoms with Crippen LogP contribution in [0.15, 0.2) is 24.3 Å². The lowest BCUT2D eigenvalue weighted by atomic mass is 10.1. The summed E-state index contributed by atoms with van der Waals surface area (Å²) >= 11 is 0. The molecule has 1 rings (SSSR count).